The molecule has 1 atom stereocenters. The standard InChI is InChI=1S/C9H10ClNO2/c10-7-3-1-6(2-4-7)8(11)5-9(12)13/h1-4,8H,5,11H2,(H,12,13). The van der Waals surface area contributed by atoms with Crippen LogP contribution in [0.15, 0.2) is 24.3 Å². The van der Waals surface area contributed by atoms with Crippen molar-refractivity contribution in [3.63, 3.8) is 0 Å². The number of hydrogen-bond donors (Lipinski definition) is 2. The molecule has 3 nitrogen and oxygen atoms in total. The molecule has 0 bridgehead atoms. The molecule has 4 heteroatoms. The molecule has 0 aliphatic heterocycles. The number of rotatable bonds is 3. The van der Waals surface area contributed by atoms with Gasteiger partial charge in [0.1, 0.15) is 0 Å². The third-order valence-corrected chi connectivity index (χ3v) is 1.94. The van der Waals surface area contributed by atoms with E-state index in [0.717, 1.165) is 5.56 Å². The van der Waals surface area contributed by atoms with E-state index >= 15 is 0 Å². The molecule has 0 aromatic heterocycles. The lowest BCUT2D eigenvalue weighted by atomic mass is 10.1. The van der Waals surface area contributed by atoms with Crippen LogP contribution in [0.1, 0.15) is 18.0 Å². The van der Waals surface area contributed by atoms with E-state index in [0.29, 0.717) is 5.02 Å². The van der Waals surface area contributed by atoms with Gasteiger partial charge in [-0.25, -0.2) is 0 Å². The minimum absolute atomic E-state index is 0.0678. The predicted octanol–water partition coefficient (Wildman–Crippen LogP) is 1.81. The van der Waals surface area contributed by atoms with Crippen LogP contribution in [-0.4, -0.2) is 11.1 Å². The summed E-state index contributed by atoms with van der Waals surface area (Å²) >= 11 is 5.66. The summed E-state index contributed by atoms with van der Waals surface area (Å²) in [7, 11) is 0. The van der Waals surface area contributed by atoms with Gasteiger partial charge in [0.2, 0.25) is 0 Å². The first kappa shape index (κ1) is 10.0. The lowest BCUT2D eigenvalue weighted by Crippen LogP contribution is -2.14. The summed E-state index contributed by atoms with van der Waals surface area (Å²) < 4.78 is 0. The molecule has 70 valence electrons. The normalized spacial score (nSPS) is 12.5. The molecule has 0 fully saturated rings. The van der Waals surface area contributed by atoms with Gasteiger partial charge in [0, 0.05) is 11.1 Å². The Kier molecular flexibility index (Phi) is 3.28. The van der Waals surface area contributed by atoms with Crippen molar-refractivity contribution < 1.29 is 9.90 Å². The van der Waals surface area contributed by atoms with Crippen LogP contribution in [0.2, 0.25) is 5.02 Å². The van der Waals surface area contributed by atoms with Crippen LogP contribution in [-0.2, 0) is 4.79 Å². The van der Waals surface area contributed by atoms with E-state index in [4.69, 9.17) is 22.4 Å². The van der Waals surface area contributed by atoms with Crippen LogP contribution in [0.5, 0.6) is 0 Å². The van der Waals surface area contributed by atoms with Crippen molar-refractivity contribution in [3.05, 3.63) is 34.9 Å². The first-order valence-corrected chi connectivity index (χ1v) is 4.20. The second-order valence-corrected chi connectivity index (χ2v) is 3.19. The topological polar surface area (TPSA) is 63.3 Å². The van der Waals surface area contributed by atoms with Gasteiger partial charge in [-0.1, -0.05) is 23.7 Å². The summed E-state index contributed by atoms with van der Waals surface area (Å²) in [4.78, 5) is 10.3. The fourth-order valence-electron chi connectivity index (χ4n) is 1.02. The first-order chi connectivity index (χ1) is 6.09. The number of halogens is 1. The van der Waals surface area contributed by atoms with Crippen LogP contribution < -0.4 is 5.73 Å². The summed E-state index contributed by atoms with van der Waals surface area (Å²) in [6.07, 6.45) is -0.0678. The van der Waals surface area contributed by atoms with Gasteiger partial charge in [0.25, 0.3) is 0 Å². The average molecular weight is 200 g/mol. The summed E-state index contributed by atoms with van der Waals surface area (Å²) in [5, 5.41) is 9.11. The lowest BCUT2D eigenvalue weighted by molar-refractivity contribution is -0.137. The number of hydrogen-bond acceptors (Lipinski definition) is 2. The molecule has 1 aromatic carbocycles. The molecule has 13 heavy (non-hydrogen) atoms. The fourth-order valence-corrected chi connectivity index (χ4v) is 1.14. The fraction of sp³-hybridized carbons (Fsp3) is 0.222. The van der Waals surface area contributed by atoms with Gasteiger partial charge in [0.05, 0.1) is 6.42 Å². The Bertz CT molecular complexity index is 297. The second-order valence-electron chi connectivity index (χ2n) is 2.76. The van der Waals surface area contributed by atoms with Crippen LogP contribution >= 0.6 is 11.6 Å². The minimum Gasteiger partial charge on any atom is -0.481 e. The monoisotopic (exact) mass is 199 g/mol. The van der Waals surface area contributed by atoms with Gasteiger partial charge in [0.15, 0.2) is 0 Å². The van der Waals surface area contributed by atoms with Crippen molar-refractivity contribution in [1.29, 1.82) is 0 Å². The number of carboxylic acid groups (broad SMARTS) is 1. The lowest BCUT2D eigenvalue weighted by Gasteiger charge is -2.08. The van der Waals surface area contributed by atoms with E-state index in [2.05, 4.69) is 0 Å². The largest absolute Gasteiger partial charge is 0.481 e. The molecule has 0 aliphatic carbocycles. The van der Waals surface area contributed by atoms with Gasteiger partial charge in [-0.3, -0.25) is 4.79 Å². The predicted molar refractivity (Wildman–Crippen MR) is 50.6 cm³/mol. The highest BCUT2D eigenvalue weighted by atomic mass is 35.5. The third-order valence-electron chi connectivity index (χ3n) is 1.69. The van der Waals surface area contributed by atoms with Crippen LogP contribution in [0, 0.1) is 0 Å². The zero-order chi connectivity index (χ0) is 9.84. The van der Waals surface area contributed by atoms with Crippen LogP contribution in [0.25, 0.3) is 0 Å². The van der Waals surface area contributed by atoms with Gasteiger partial charge < -0.3 is 10.8 Å². The summed E-state index contributed by atoms with van der Waals surface area (Å²) in [5.41, 5.74) is 6.41. The molecule has 0 saturated heterocycles. The Morgan fingerprint density at radius 3 is 2.46 bits per heavy atom. The maximum absolute atomic E-state index is 10.3. The van der Waals surface area contributed by atoms with Gasteiger partial charge in [-0.15, -0.1) is 0 Å². The van der Waals surface area contributed by atoms with E-state index in [-0.39, 0.29) is 6.42 Å². The zero-order valence-electron chi connectivity index (χ0n) is 6.90. The highest BCUT2D eigenvalue weighted by molar-refractivity contribution is 6.30. The number of carbonyl (C=O) groups is 1. The van der Waals surface area contributed by atoms with Crippen molar-refractivity contribution in [3.8, 4) is 0 Å². The van der Waals surface area contributed by atoms with E-state index in [1.807, 2.05) is 0 Å². The summed E-state index contributed by atoms with van der Waals surface area (Å²) in [6, 6.07) is 6.39. The molecule has 0 aliphatic rings. The molecule has 3 N–H and O–H groups in total. The van der Waals surface area contributed by atoms with Gasteiger partial charge in [-0.2, -0.15) is 0 Å². The molecule has 0 amide bonds. The molecule has 0 saturated carbocycles. The van der Waals surface area contributed by atoms with Crippen LogP contribution in [0.4, 0.5) is 0 Å². The van der Waals surface area contributed by atoms with E-state index in [1.54, 1.807) is 24.3 Å². The highest BCUT2D eigenvalue weighted by Crippen LogP contribution is 2.16. The second kappa shape index (κ2) is 4.25. The summed E-state index contributed by atoms with van der Waals surface area (Å²) in [6.45, 7) is 0. The third kappa shape index (κ3) is 3.05. The Labute approximate surface area is 81.1 Å². The average Bonchev–Trinajstić information content (AvgIpc) is 2.04. The SMILES string of the molecule is NC(CC(=O)O)c1ccc(Cl)cc1. The molecular weight excluding hydrogens is 190 g/mol. The molecule has 1 rings (SSSR count). The highest BCUT2D eigenvalue weighted by Gasteiger charge is 2.09. The zero-order valence-corrected chi connectivity index (χ0v) is 7.66. The van der Waals surface area contributed by atoms with Crippen molar-refractivity contribution in [2.45, 2.75) is 12.5 Å². The van der Waals surface area contributed by atoms with Gasteiger partial charge >= 0.3 is 5.97 Å². The van der Waals surface area contributed by atoms with Crippen molar-refractivity contribution in [1.82, 2.24) is 0 Å². The Morgan fingerprint density at radius 1 is 1.46 bits per heavy atom. The van der Waals surface area contributed by atoms with E-state index < -0.39 is 12.0 Å². The Balaban J connectivity index is 2.71. The number of nitrogens with two attached hydrogens (primary N) is 1. The van der Waals surface area contributed by atoms with Crippen LogP contribution in [0.3, 0.4) is 0 Å². The smallest absolute Gasteiger partial charge is 0.305 e. The molecule has 1 unspecified atom stereocenters. The number of benzene rings is 1. The minimum atomic E-state index is -0.901. The van der Waals surface area contributed by atoms with E-state index in [1.165, 1.54) is 0 Å². The molecule has 1 aromatic rings. The molecular formula is C9H10ClNO2. The summed E-state index contributed by atoms with van der Waals surface area (Å²) in [5.74, 6) is -0.901. The first-order valence-electron chi connectivity index (χ1n) is 3.82. The Hall–Kier alpha value is -1.06. The maximum Gasteiger partial charge on any atom is 0.305 e. The quantitative estimate of drug-likeness (QED) is 0.781. The van der Waals surface area contributed by atoms with Crippen molar-refractivity contribution in [2.24, 2.45) is 5.73 Å². The number of carboxylic acids is 1. The molecule has 0 radical (unpaired) electrons. The molecule has 0 heterocycles. The Morgan fingerprint density at radius 2 is 2.00 bits per heavy atom. The van der Waals surface area contributed by atoms with Crippen molar-refractivity contribution >= 4 is 17.6 Å². The van der Waals surface area contributed by atoms with Gasteiger partial charge in [-0.05, 0) is 17.7 Å². The maximum atomic E-state index is 10.3. The number of aliphatic carboxylic acids is 1. The van der Waals surface area contributed by atoms with Crippen molar-refractivity contribution in [2.75, 3.05) is 0 Å². The van der Waals surface area contributed by atoms with E-state index in [9.17, 15) is 4.79 Å². The molecule has 0 spiro atoms.